The summed E-state index contributed by atoms with van der Waals surface area (Å²) in [6.07, 6.45) is 5.42. The SMILES string of the molecule is NC1CCC(NC(=O)c2cnco2)C1. The van der Waals surface area contributed by atoms with E-state index in [1.807, 2.05) is 0 Å². The number of hydrogen-bond acceptors (Lipinski definition) is 4. The van der Waals surface area contributed by atoms with E-state index in [9.17, 15) is 4.79 Å². The zero-order chi connectivity index (χ0) is 9.97. The predicted octanol–water partition coefficient (Wildman–Crippen LogP) is 0.284. The lowest BCUT2D eigenvalue weighted by atomic mass is 10.2. The smallest absolute Gasteiger partial charge is 0.288 e. The second-order valence-corrected chi connectivity index (χ2v) is 3.61. The normalized spacial score (nSPS) is 26.4. The van der Waals surface area contributed by atoms with Crippen LogP contribution in [0.3, 0.4) is 0 Å². The van der Waals surface area contributed by atoms with Crippen LogP contribution in [0.2, 0.25) is 0 Å². The molecule has 1 aliphatic rings. The number of rotatable bonds is 2. The molecule has 1 heterocycles. The van der Waals surface area contributed by atoms with Gasteiger partial charge in [0.05, 0.1) is 6.20 Å². The molecule has 1 fully saturated rings. The topological polar surface area (TPSA) is 81.1 Å². The number of nitrogens with one attached hydrogen (secondary N) is 1. The Morgan fingerprint density at radius 2 is 2.50 bits per heavy atom. The minimum absolute atomic E-state index is 0.183. The van der Waals surface area contributed by atoms with Crippen molar-refractivity contribution < 1.29 is 9.21 Å². The summed E-state index contributed by atoms with van der Waals surface area (Å²) < 4.78 is 4.88. The molecule has 0 radical (unpaired) electrons. The van der Waals surface area contributed by atoms with Crippen molar-refractivity contribution in [2.24, 2.45) is 5.73 Å². The number of carbonyl (C=O) groups excluding carboxylic acids is 1. The van der Waals surface area contributed by atoms with Gasteiger partial charge in [-0.1, -0.05) is 0 Å². The van der Waals surface area contributed by atoms with Crippen LogP contribution in [0.1, 0.15) is 29.8 Å². The van der Waals surface area contributed by atoms with Gasteiger partial charge in [0.1, 0.15) is 0 Å². The van der Waals surface area contributed by atoms with Crippen LogP contribution in [0, 0.1) is 0 Å². The van der Waals surface area contributed by atoms with Crippen LogP contribution < -0.4 is 11.1 Å². The van der Waals surface area contributed by atoms with Crippen molar-refractivity contribution in [3.8, 4) is 0 Å². The second-order valence-electron chi connectivity index (χ2n) is 3.61. The molecule has 1 saturated carbocycles. The maximum Gasteiger partial charge on any atom is 0.288 e. The van der Waals surface area contributed by atoms with Crippen LogP contribution in [0.25, 0.3) is 0 Å². The molecule has 0 bridgehead atoms. The Hall–Kier alpha value is -1.36. The van der Waals surface area contributed by atoms with Crippen LogP contribution in [-0.4, -0.2) is 23.0 Å². The van der Waals surface area contributed by atoms with E-state index in [1.165, 1.54) is 12.6 Å². The third-order valence-corrected chi connectivity index (χ3v) is 2.46. The highest BCUT2D eigenvalue weighted by molar-refractivity contribution is 5.91. The lowest BCUT2D eigenvalue weighted by molar-refractivity contribution is 0.0909. The first-order chi connectivity index (χ1) is 6.75. The molecule has 1 aromatic heterocycles. The van der Waals surface area contributed by atoms with Gasteiger partial charge in [-0.05, 0) is 19.3 Å². The van der Waals surface area contributed by atoms with Crippen molar-refractivity contribution >= 4 is 5.91 Å². The van der Waals surface area contributed by atoms with Gasteiger partial charge in [0, 0.05) is 12.1 Å². The second kappa shape index (κ2) is 3.79. The highest BCUT2D eigenvalue weighted by Crippen LogP contribution is 2.17. The highest BCUT2D eigenvalue weighted by Gasteiger charge is 2.24. The van der Waals surface area contributed by atoms with Crippen LogP contribution in [0.5, 0.6) is 0 Å². The lowest BCUT2D eigenvalue weighted by Crippen LogP contribution is -2.33. The Labute approximate surface area is 81.7 Å². The number of oxazole rings is 1. The summed E-state index contributed by atoms with van der Waals surface area (Å²) in [4.78, 5) is 15.2. The van der Waals surface area contributed by atoms with Crippen molar-refractivity contribution in [3.63, 3.8) is 0 Å². The molecular weight excluding hydrogens is 182 g/mol. The van der Waals surface area contributed by atoms with Crippen molar-refractivity contribution in [1.82, 2.24) is 10.3 Å². The molecule has 0 spiro atoms. The van der Waals surface area contributed by atoms with E-state index in [0.29, 0.717) is 0 Å². The van der Waals surface area contributed by atoms with Gasteiger partial charge in [-0.15, -0.1) is 0 Å². The zero-order valence-corrected chi connectivity index (χ0v) is 7.77. The fraction of sp³-hybridized carbons (Fsp3) is 0.556. The van der Waals surface area contributed by atoms with Crippen molar-refractivity contribution in [1.29, 1.82) is 0 Å². The van der Waals surface area contributed by atoms with Crippen molar-refractivity contribution in [2.75, 3.05) is 0 Å². The number of nitrogens with zero attached hydrogens (tertiary/aromatic N) is 1. The summed E-state index contributed by atoms with van der Waals surface area (Å²) in [5.74, 6) is 0.0482. The summed E-state index contributed by atoms with van der Waals surface area (Å²) in [5.41, 5.74) is 5.73. The molecule has 1 aromatic rings. The number of carbonyl (C=O) groups is 1. The van der Waals surface area contributed by atoms with E-state index < -0.39 is 0 Å². The van der Waals surface area contributed by atoms with Gasteiger partial charge < -0.3 is 15.5 Å². The standard InChI is InChI=1S/C9H13N3O2/c10-6-1-2-7(3-6)12-9(13)8-4-11-5-14-8/h4-7H,1-3,10H2,(H,12,13). The minimum Gasteiger partial charge on any atom is -0.438 e. The van der Waals surface area contributed by atoms with Crippen LogP contribution in [-0.2, 0) is 0 Å². The average molecular weight is 195 g/mol. The van der Waals surface area contributed by atoms with Crippen molar-refractivity contribution in [2.45, 2.75) is 31.3 Å². The molecule has 0 saturated heterocycles. The van der Waals surface area contributed by atoms with Gasteiger partial charge in [0.25, 0.3) is 5.91 Å². The molecule has 14 heavy (non-hydrogen) atoms. The minimum atomic E-state index is -0.207. The van der Waals surface area contributed by atoms with Crippen LogP contribution in [0.4, 0.5) is 0 Å². The quantitative estimate of drug-likeness (QED) is 0.710. The van der Waals surface area contributed by atoms with Gasteiger partial charge >= 0.3 is 0 Å². The van der Waals surface area contributed by atoms with Gasteiger partial charge in [-0.2, -0.15) is 0 Å². The summed E-state index contributed by atoms with van der Waals surface area (Å²) in [7, 11) is 0. The van der Waals surface area contributed by atoms with E-state index in [-0.39, 0.29) is 23.8 Å². The fourth-order valence-corrected chi connectivity index (χ4v) is 1.73. The molecule has 2 unspecified atom stereocenters. The Bertz CT molecular complexity index is 310. The molecular formula is C9H13N3O2. The van der Waals surface area contributed by atoms with E-state index in [4.69, 9.17) is 10.2 Å². The van der Waals surface area contributed by atoms with Gasteiger partial charge in [0.15, 0.2) is 6.39 Å². The van der Waals surface area contributed by atoms with Crippen molar-refractivity contribution in [3.05, 3.63) is 18.4 Å². The zero-order valence-electron chi connectivity index (χ0n) is 7.77. The number of nitrogens with two attached hydrogens (primary N) is 1. The van der Waals surface area contributed by atoms with E-state index in [2.05, 4.69) is 10.3 Å². The highest BCUT2D eigenvalue weighted by atomic mass is 16.3. The molecule has 3 N–H and O–H groups in total. The maximum atomic E-state index is 11.5. The number of hydrogen-bond donors (Lipinski definition) is 2. The third-order valence-electron chi connectivity index (χ3n) is 2.46. The summed E-state index contributed by atoms with van der Waals surface area (Å²) in [6, 6.07) is 0.401. The molecule has 0 aromatic carbocycles. The summed E-state index contributed by atoms with van der Waals surface area (Å²) in [6.45, 7) is 0. The number of amides is 1. The lowest BCUT2D eigenvalue weighted by Gasteiger charge is -2.10. The first kappa shape index (κ1) is 9.21. The summed E-state index contributed by atoms with van der Waals surface area (Å²) in [5, 5.41) is 2.86. The first-order valence-electron chi connectivity index (χ1n) is 4.70. The first-order valence-corrected chi connectivity index (χ1v) is 4.70. The van der Waals surface area contributed by atoms with Gasteiger partial charge in [-0.3, -0.25) is 4.79 Å². The largest absolute Gasteiger partial charge is 0.438 e. The van der Waals surface area contributed by atoms with Gasteiger partial charge in [0.2, 0.25) is 5.76 Å². The Morgan fingerprint density at radius 3 is 3.07 bits per heavy atom. The van der Waals surface area contributed by atoms with Gasteiger partial charge in [-0.25, -0.2) is 4.98 Å². The van der Waals surface area contributed by atoms with Crippen LogP contribution in [0.15, 0.2) is 17.0 Å². The maximum absolute atomic E-state index is 11.5. The predicted molar refractivity (Wildman–Crippen MR) is 49.6 cm³/mol. The summed E-state index contributed by atoms with van der Waals surface area (Å²) >= 11 is 0. The van der Waals surface area contributed by atoms with E-state index >= 15 is 0 Å². The molecule has 5 nitrogen and oxygen atoms in total. The van der Waals surface area contributed by atoms with Crippen LogP contribution >= 0.6 is 0 Å². The number of aromatic nitrogens is 1. The average Bonchev–Trinajstić information content (AvgIpc) is 2.75. The monoisotopic (exact) mass is 195 g/mol. The third kappa shape index (κ3) is 1.93. The Balaban J connectivity index is 1.89. The molecule has 2 rings (SSSR count). The van der Waals surface area contributed by atoms with E-state index in [0.717, 1.165) is 19.3 Å². The molecule has 76 valence electrons. The Kier molecular flexibility index (Phi) is 2.49. The molecule has 2 atom stereocenters. The fourth-order valence-electron chi connectivity index (χ4n) is 1.73. The molecule has 1 amide bonds. The Morgan fingerprint density at radius 1 is 1.64 bits per heavy atom. The van der Waals surface area contributed by atoms with E-state index in [1.54, 1.807) is 0 Å². The molecule has 1 aliphatic carbocycles. The molecule has 5 heteroatoms. The molecule has 0 aliphatic heterocycles.